The van der Waals surface area contributed by atoms with E-state index in [1.54, 1.807) is 0 Å². The van der Waals surface area contributed by atoms with Crippen LogP contribution in [0.15, 0.2) is 30.3 Å². The second-order valence-corrected chi connectivity index (χ2v) is 5.61. The molecule has 0 radical (unpaired) electrons. The van der Waals surface area contributed by atoms with Gasteiger partial charge in [0.25, 0.3) is 0 Å². The van der Waals surface area contributed by atoms with Crippen LogP contribution >= 0.6 is 0 Å². The molecule has 1 aromatic carbocycles. The van der Waals surface area contributed by atoms with Gasteiger partial charge in [-0.2, -0.15) is 0 Å². The summed E-state index contributed by atoms with van der Waals surface area (Å²) in [6.45, 7) is 10.3. The Kier molecular flexibility index (Phi) is 3.16. The van der Waals surface area contributed by atoms with E-state index in [-0.39, 0.29) is 0 Å². The number of aromatic nitrogens is 4. The molecule has 0 N–H and O–H groups in total. The van der Waals surface area contributed by atoms with Crippen molar-refractivity contribution in [1.29, 1.82) is 0 Å². The molecular weight excluding hydrogens is 260 g/mol. The van der Waals surface area contributed by atoms with Crippen molar-refractivity contribution in [3.8, 4) is 11.4 Å². The van der Waals surface area contributed by atoms with Crippen molar-refractivity contribution < 1.29 is 0 Å². The van der Waals surface area contributed by atoms with E-state index in [9.17, 15) is 0 Å². The lowest BCUT2D eigenvalue weighted by Gasteiger charge is -2.14. The fourth-order valence-corrected chi connectivity index (χ4v) is 2.92. The normalized spacial score (nSPS) is 11.1. The fraction of sp³-hybridized carbons (Fsp3) is 0.294. The first-order chi connectivity index (χ1) is 9.97. The molecule has 2 aromatic heterocycles. The number of rotatable bonds is 2. The van der Waals surface area contributed by atoms with Crippen LogP contribution in [0.2, 0.25) is 0 Å². The lowest BCUT2D eigenvalue weighted by molar-refractivity contribution is 0.919. The Morgan fingerprint density at radius 1 is 0.667 bits per heavy atom. The molecule has 3 rings (SSSR count). The highest BCUT2D eigenvalue weighted by Crippen LogP contribution is 2.22. The molecule has 0 atom stereocenters. The minimum absolute atomic E-state index is 0.907. The first kappa shape index (κ1) is 13.6. The van der Waals surface area contributed by atoms with Gasteiger partial charge in [0.15, 0.2) is 0 Å². The summed E-state index contributed by atoms with van der Waals surface area (Å²) in [6, 6.07) is 10.9. The molecule has 0 aliphatic heterocycles. The fourth-order valence-electron chi connectivity index (χ4n) is 2.92. The standard InChI is InChI=1S/C17H20N4/c1-11-8-16(20-12(2)6-7-13(20)3)10-17(9-11)21-14(4)18-19-15(21)5/h6-10H,1-5H3. The Morgan fingerprint density at radius 2 is 1.14 bits per heavy atom. The molecule has 4 nitrogen and oxygen atoms in total. The summed E-state index contributed by atoms with van der Waals surface area (Å²) >= 11 is 0. The van der Waals surface area contributed by atoms with Gasteiger partial charge in [-0.05, 0) is 70.5 Å². The first-order valence-corrected chi connectivity index (χ1v) is 7.13. The maximum Gasteiger partial charge on any atom is 0.134 e. The van der Waals surface area contributed by atoms with E-state index in [0.29, 0.717) is 0 Å². The largest absolute Gasteiger partial charge is 0.318 e. The highest BCUT2D eigenvalue weighted by molar-refractivity contribution is 5.50. The molecule has 3 aromatic rings. The molecule has 0 saturated heterocycles. The van der Waals surface area contributed by atoms with Gasteiger partial charge in [-0.3, -0.25) is 4.57 Å². The Balaban J connectivity index is 2.23. The van der Waals surface area contributed by atoms with Crippen molar-refractivity contribution in [2.24, 2.45) is 0 Å². The predicted octanol–water partition coefficient (Wildman–Crippen LogP) is 3.60. The van der Waals surface area contributed by atoms with E-state index in [2.05, 4.69) is 70.4 Å². The molecule has 0 bridgehead atoms. The van der Waals surface area contributed by atoms with Crippen LogP contribution in [0, 0.1) is 34.6 Å². The van der Waals surface area contributed by atoms with Crippen molar-refractivity contribution in [2.75, 3.05) is 0 Å². The second kappa shape index (κ2) is 4.88. The Hall–Kier alpha value is -2.36. The minimum atomic E-state index is 0.907. The Bertz CT molecular complexity index is 705. The number of benzene rings is 1. The molecule has 0 saturated carbocycles. The summed E-state index contributed by atoms with van der Waals surface area (Å²) in [5.74, 6) is 1.81. The number of hydrogen-bond acceptors (Lipinski definition) is 2. The number of hydrogen-bond donors (Lipinski definition) is 0. The van der Waals surface area contributed by atoms with Crippen molar-refractivity contribution in [1.82, 2.24) is 19.3 Å². The van der Waals surface area contributed by atoms with Crippen LogP contribution in [0.4, 0.5) is 0 Å². The zero-order valence-electron chi connectivity index (χ0n) is 13.2. The van der Waals surface area contributed by atoms with Crippen molar-refractivity contribution >= 4 is 0 Å². The second-order valence-electron chi connectivity index (χ2n) is 5.61. The molecule has 4 heteroatoms. The SMILES string of the molecule is Cc1cc(-n2c(C)ccc2C)cc(-n2c(C)nnc2C)c1. The van der Waals surface area contributed by atoms with Crippen LogP contribution in [0.3, 0.4) is 0 Å². The van der Waals surface area contributed by atoms with Gasteiger partial charge in [-0.1, -0.05) is 0 Å². The number of nitrogens with zero attached hydrogens (tertiary/aromatic N) is 4. The molecule has 0 unspecified atom stereocenters. The quantitative estimate of drug-likeness (QED) is 0.719. The smallest absolute Gasteiger partial charge is 0.134 e. The minimum Gasteiger partial charge on any atom is -0.318 e. The summed E-state index contributed by atoms with van der Waals surface area (Å²) in [6.07, 6.45) is 0. The monoisotopic (exact) mass is 280 g/mol. The summed E-state index contributed by atoms with van der Waals surface area (Å²) in [4.78, 5) is 0. The molecule has 0 amide bonds. The van der Waals surface area contributed by atoms with E-state index in [1.165, 1.54) is 22.6 Å². The third-order valence-corrected chi connectivity index (χ3v) is 3.82. The molecule has 0 spiro atoms. The molecular formula is C17H20N4. The summed E-state index contributed by atoms with van der Waals surface area (Å²) in [5, 5.41) is 8.31. The lowest BCUT2D eigenvalue weighted by Crippen LogP contribution is -2.04. The molecule has 0 fully saturated rings. The highest BCUT2D eigenvalue weighted by atomic mass is 15.3. The van der Waals surface area contributed by atoms with E-state index in [1.807, 2.05) is 13.8 Å². The molecule has 108 valence electrons. The Morgan fingerprint density at radius 3 is 1.67 bits per heavy atom. The third kappa shape index (κ3) is 2.27. The zero-order chi connectivity index (χ0) is 15.1. The summed E-state index contributed by atoms with van der Waals surface area (Å²) in [7, 11) is 0. The maximum absolute atomic E-state index is 4.16. The van der Waals surface area contributed by atoms with E-state index >= 15 is 0 Å². The summed E-state index contributed by atoms with van der Waals surface area (Å²) < 4.78 is 4.36. The topological polar surface area (TPSA) is 35.6 Å². The summed E-state index contributed by atoms with van der Waals surface area (Å²) in [5.41, 5.74) is 5.99. The van der Waals surface area contributed by atoms with Crippen LogP contribution < -0.4 is 0 Å². The lowest BCUT2D eigenvalue weighted by atomic mass is 10.1. The van der Waals surface area contributed by atoms with Gasteiger partial charge in [0.1, 0.15) is 11.6 Å². The van der Waals surface area contributed by atoms with Gasteiger partial charge >= 0.3 is 0 Å². The molecule has 2 heterocycles. The van der Waals surface area contributed by atoms with Gasteiger partial charge < -0.3 is 4.57 Å². The van der Waals surface area contributed by atoms with Crippen molar-refractivity contribution in [3.63, 3.8) is 0 Å². The maximum atomic E-state index is 4.16. The van der Waals surface area contributed by atoms with Crippen LogP contribution in [0.25, 0.3) is 11.4 Å². The van der Waals surface area contributed by atoms with Crippen LogP contribution in [0.1, 0.15) is 28.6 Å². The van der Waals surface area contributed by atoms with Gasteiger partial charge in [0.05, 0.1) is 5.69 Å². The zero-order valence-corrected chi connectivity index (χ0v) is 13.2. The molecule has 0 aliphatic rings. The van der Waals surface area contributed by atoms with Gasteiger partial charge in [-0.25, -0.2) is 0 Å². The van der Waals surface area contributed by atoms with Crippen molar-refractivity contribution in [3.05, 3.63) is 58.9 Å². The predicted molar refractivity (Wildman–Crippen MR) is 84.4 cm³/mol. The van der Waals surface area contributed by atoms with E-state index in [4.69, 9.17) is 0 Å². The van der Waals surface area contributed by atoms with Crippen LogP contribution in [-0.2, 0) is 0 Å². The number of aryl methyl sites for hydroxylation is 5. The van der Waals surface area contributed by atoms with Gasteiger partial charge in [-0.15, -0.1) is 10.2 Å². The third-order valence-electron chi connectivity index (χ3n) is 3.82. The van der Waals surface area contributed by atoms with Crippen molar-refractivity contribution in [2.45, 2.75) is 34.6 Å². The first-order valence-electron chi connectivity index (χ1n) is 7.13. The average Bonchev–Trinajstić information content (AvgIpc) is 2.92. The van der Waals surface area contributed by atoms with Gasteiger partial charge in [0, 0.05) is 17.1 Å². The van der Waals surface area contributed by atoms with Crippen LogP contribution in [0.5, 0.6) is 0 Å². The highest BCUT2D eigenvalue weighted by Gasteiger charge is 2.10. The van der Waals surface area contributed by atoms with Gasteiger partial charge in [0.2, 0.25) is 0 Å². The molecule has 21 heavy (non-hydrogen) atoms. The molecule has 0 aliphatic carbocycles. The van der Waals surface area contributed by atoms with E-state index in [0.717, 1.165) is 17.3 Å². The van der Waals surface area contributed by atoms with Crippen LogP contribution in [-0.4, -0.2) is 19.3 Å². The van der Waals surface area contributed by atoms with E-state index < -0.39 is 0 Å². The average molecular weight is 280 g/mol. The Labute approximate surface area is 125 Å².